The second kappa shape index (κ2) is 9.46. The predicted octanol–water partition coefficient (Wildman–Crippen LogP) is 3.03. The number of para-hydroxylation sites is 2. The molecule has 6 nitrogen and oxygen atoms in total. The van der Waals surface area contributed by atoms with Crippen molar-refractivity contribution in [3.05, 3.63) is 48.0 Å². The van der Waals surface area contributed by atoms with Gasteiger partial charge in [0.15, 0.2) is 11.5 Å². The summed E-state index contributed by atoms with van der Waals surface area (Å²) in [5, 5.41) is 3.08. The first-order chi connectivity index (χ1) is 13.6. The first-order valence-electron chi connectivity index (χ1n) is 9.71. The van der Waals surface area contributed by atoms with Crippen molar-refractivity contribution in [2.75, 3.05) is 57.2 Å². The van der Waals surface area contributed by atoms with Gasteiger partial charge in [-0.25, -0.2) is 0 Å². The van der Waals surface area contributed by atoms with Gasteiger partial charge < -0.3 is 24.6 Å². The second-order valence-corrected chi connectivity index (χ2v) is 6.85. The van der Waals surface area contributed by atoms with Crippen molar-refractivity contribution < 1.29 is 14.3 Å². The standard InChI is InChI=1S/C22H29N3O3/c1-4-24-11-13-25(14-12-24)19-8-6-5-7-18(19)23-22(26)16-17-9-10-20(27-2)21(15-17)28-3/h5-10,15H,4,11-14,16H2,1-3H3,(H,23,26). The van der Waals surface area contributed by atoms with Crippen LogP contribution in [0, 0.1) is 0 Å². The number of methoxy groups -OCH3 is 2. The molecule has 0 radical (unpaired) electrons. The lowest BCUT2D eigenvalue weighted by atomic mass is 10.1. The molecule has 0 spiro atoms. The second-order valence-electron chi connectivity index (χ2n) is 6.85. The highest BCUT2D eigenvalue weighted by Gasteiger charge is 2.19. The van der Waals surface area contributed by atoms with Gasteiger partial charge in [-0.3, -0.25) is 4.79 Å². The Balaban J connectivity index is 1.68. The zero-order chi connectivity index (χ0) is 19.9. The number of hydrogen-bond donors (Lipinski definition) is 1. The molecule has 1 heterocycles. The summed E-state index contributed by atoms with van der Waals surface area (Å²) in [6.45, 7) is 7.30. The molecule has 0 aromatic heterocycles. The van der Waals surface area contributed by atoms with Crippen LogP contribution in [0.4, 0.5) is 11.4 Å². The van der Waals surface area contributed by atoms with Crippen LogP contribution in [0.2, 0.25) is 0 Å². The molecule has 1 aliphatic rings. The van der Waals surface area contributed by atoms with Crippen molar-refractivity contribution in [3.8, 4) is 11.5 Å². The number of carbonyl (C=O) groups excluding carboxylic acids is 1. The minimum atomic E-state index is -0.0492. The van der Waals surface area contributed by atoms with E-state index in [1.165, 1.54) is 0 Å². The van der Waals surface area contributed by atoms with Crippen LogP contribution in [0.5, 0.6) is 11.5 Å². The Morgan fingerprint density at radius 2 is 1.71 bits per heavy atom. The van der Waals surface area contributed by atoms with Gasteiger partial charge in [0.25, 0.3) is 0 Å². The van der Waals surface area contributed by atoms with E-state index in [1.807, 2.05) is 36.4 Å². The number of benzene rings is 2. The number of piperazine rings is 1. The fraction of sp³-hybridized carbons (Fsp3) is 0.409. The van der Waals surface area contributed by atoms with E-state index in [9.17, 15) is 4.79 Å². The Morgan fingerprint density at radius 3 is 2.39 bits per heavy atom. The molecule has 2 aromatic carbocycles. The van der Waals surface area contributed by atoms with E-state index in [0.29, 0.717) is 11.5 Å². The molecule has 0 unspecified atom stereocenters. The summed E-state index contributed by atoms with van der Waals surface area (Å²) in [4.78, 5) is 17.4. The Kier molecular flexibility index (Phi) is 6.76. The van der Waals surface area contributed by atoms with E-state index in [2.05, 4.69) is 28.1 Å². The summed E-state index contributed by atoms with van der Waals surface area (Å²) in [7, 11) is 3.19. The molecular weight excluding hydrogens is 354 g/mol. The smallest absolute Gasteiger partial charge is 0.228 e. The van der Waals surface area contributed by atoms with E-state index < -0.39 is 0 Å². The van der Waals surface area contributed by atoms with Crippen LogP contribution in [-0.4, -0.2) is 57.8 Å². The van der Waals surface area contributed by atoms with E-state index in [-0.39, 0.29) is 12.3 Å². The number of likely N-dealkylation sites (N-methyl/N-ethyl adjacent to an activating group) is 1. The number of anilines is 2. The number of carbonyl (C=O) groups is 1. The van der Waals surface area contributed by atoms with Crippen LogP contribution in [0.1, 0.15) is 12.5 Å². The van der Waals surface area contributed by atoms with Crippen molar-refractivity contribution in [1.29, 1.82) is 0 Å². The molecule has 1 fully saturated rings. The highest BCUT2D eigenvalue weighted by molar-refractivity contribution is 5.95. The highest BCUT2D eigenvalue weighted by Crippen LogP contribution is 2.29. The number of ether oxygens (including phenoxy) is 2. The third-order valence-corrected chi connectivity index (χ3v) is 5.15. The van der Waals surface area contributed by atoms with Crippen molar-refractivity contribution in [1.82, 2.24) is 4.90 Å². The van der Waals surface area contributed by atoms with E-state index in [4.69, 9.17) is 9.47 Å². The Labute approximate surface area is 167 Å². The minimum absolute atomic E-state index is 0.0492. The predicted molar refractivity (Wildman–Crippen MR) is 113 cm³/mol. The number of nitrogens with one attached hydrogen (secondary N) is 1. The zero-order valence-electron chi connectivity index (χ0n) is 16.9. The molecule has 1 N–H and O–H groups in total. The van der Waals surface area contributed by atoms with E-state index in [1.54, 1.807) is 14.2 Å². The van der Waals surface area contributed by atoms with Gasteiger partial charge in [-0.05, 0) is 36.4 Å². The van der Waals surface area contributed by atoms with Gasteiger partial charge in [-0.15, -0.1) is 0 Å². The number of hydrogen-bond acceptors (Lipinski definition) is 5. The van der Waals surface area contributed by atoms with Crippen LogP contribution in [-0.2, 0) is 11.2 Å². The molecular formula is C22H29N3O3. The first kappa shape index (κ1) is 20.0. The molecule has 1 aliphatic heterocycles. The summed E-state index contributed by atoms with van der Waals surface area (Å²) in [5.41, 5.74) is 2.82. The molecule has 28 heavy (non-hydrogen) atoms. The van der Waals surface area contributed by atoms with Crippen molar-refractivity contribution in [2.24, 2.45) is 0 Å². The maximum atomic E-state index is 12.7. The topological polar surface area (TPSA) is 54.0 Å². The van der Waals surface area contributed by atoms with Gasteiger partial charge in [0.1, 0.15) is 0 Å². The highest BCUT2D eigenvalue weighted by atomic mass is 16.5. The van der Waals surface area contributed by atoms with Gasteiger partial charge in [0, 0.05) is 26.2 Å². The van der Waals surface area contributed by atoms with Crippen LogP contribution < -0.4 is 19.7 Å². The Bertz CT molecular complexity index is 801. The average Bonchev–Trinajstić information content (AvgIpc) is 2.74. The largest absolute Gasteiger partial charge is 0.493 e. The monoisotopic (exact) mass is 383 g/mol. The fourth-order valence-corrected chi connectivity index (χ4v) is 3.53. The number of rotatable bonds is 7. The lowest BCUT2D eigenvalue weighted by molar-refractivity contribution is -0.115. The SMILES string of the molecule is CCN1CCN(c2ccccc2NC(=O)Cc2ccc(OC)c(OC)c2)CC1. The van der Waals surface area contributed by atoms with Crippen LogP contribution >= 0.6 is 0 Å². The maximum absolute atomic E-state index is 12.7. The number of nitrogens with zero attached hydrogens (tertiary/aromatic N) is 2. The zero-order valence-corrected chi connectivity index (χ0v) is 16.9. The third-order valence-electron chi connectivity index (χ3n) is 5.15. The molecule has 0 saturated carbocycles. The first-order valence-corrected chi connectivity index (χ1v) is 9.71. The lowest BCUT2D eigenvalue weighted by Gasteiger charge is -2.36. The average molecular weight is 383 g/mol. The van der Waals surface area contributed by atoms with E-state index >= 15 is 0 Å². The maximum Gasteiger partial charge on any atom is 0.228 e. The molecule has 1 amide bonds. The molecule has 2 aromatic rings. The Hall–Kier alpha value is -2.73. The van der Waals surface area contributed by atoms with E-state index in [0.717, 1.165) is 49.7 Å². The van der Waals surface area contributed by atoms with Gasteiger partial charge in [0.05, 0.1) is 32.0 Å². The van der Waals surface area contributed by atoms with Crippen molar-refractivity contribution >= 4 is 17.3 Å². The minimum Gasteiger partial charge on any atom is -0.493 e. The summed E-state index contributed by atoms with van der Waals surface area (Å²) < 4.78 is 10.6. The number of amides is 1. The third kappa shape index (κ3) is 4.75. The summed E-state index contributed by atoms with van der Waals surface area (Å²) >= 11 is 0. The normalized spacial score (nSPS) is 14.6. The van der Waals surface area contributed by atoms with Gasteiger partial charge >= 0.3 is 0 Å². The molecule has 150 valence electrons. The fourth-order valence-electron chi connectivity index (χ4n) is 3.53. The quantitative estimate of drug-likeness (QED) is 0.797. The molecule has 0 bridgehead atoms. The van der Waals surface area contributed by atoms with Crippen molar-refractivity contribution in [2.45, 2.75) is 13.3 Å². The van der Waals surface area contributed by atoms with Crippen molar-refractivity contribution in [3.63, 3.8) is 0 Å². The molecule has 0 atom stereocenters. The molecule has 3 rings (SSSR count). The Morgan fingerprint density at radius 1 is 1.00 bits per heavy atom. The van der Waals surface area contributed by atoms with Crippen LogP contribution in [0.15, 0.2) is 42.5 Å². The lowest BCUT2D eigenvalue weighted by Crippen LogP contribution is -2.46. The summed E-state index contributed by atoms with van der Waals surface area (Å²) in [5.74, 6) is 1.23. The summed E-state index contributed by atoms with van der Waals surface area (Å²) in [6.07, 6.45) is 0.276. The molecule has 6 heteroatoms. The molecule has 0 aliphatic carbocycles. The van der Waals surface area contributed by atoms with Gasteiger partial charge in [-0.1, -0.05) is 25.1 Å². The molecule has 1 saturated heterocycles. The van der Waals surface area contributed by atoms with Crippen LogP contribution in [0.25, 0.3) is 0 Å². The van der Waals surface area contributed by atoms with Gasteiger partial charge in [-0.2, -0.15) is 0 Å². The van der Waals surface area contributed by atoms with Gasteiger partial charge in [0.2, 0.25) is 5.91 Å². The summed E-state index contributed by atoms with van der Waals surface area (Å²) in [6, 6.07) is 13.6. The van der Waals surface area contributed by atoms with Crippen LogP contribution in [0.3, 0.4) is 0 Å².